The van der Waals surface area contributed by atoms with Crippen LogP contribution < -0.4 is 4.72 Å². The number of amides is 1. The van der Waals surface area contributed by atoms with Gasteiger partial charge in [0.2, 0.25) is 15.9 Å². The molecule has 7 heteroatoms. The zero-order valence-corrected chi connectivity index (χ0v) is 15.9. The van der Waals surface area contributed by atoms with E-state index in [2.05, 4.69) is 4.72 Å². The van der Waals surface area contributed by atoms with E-state index in [1.807, 2.05) is 4.90 Å². The zero-order valence-electron chi connectivity index (χ0n) is 14.3. The van der Waals surface area contributed by atoms with E-state index in [9.17, 15) is 13.2 Å². The molecule has 0 aromatic heterocycles. The molecule has 1 N–H and O–H groups in total. The summed E-state index contributed by atoms with van der Waals surface area (Å²) in [5.74, 6) is 1.46. The van der Waals surface area contributed by atoms with E-state index in [0.29, 0.717) is 10.9 Å². The molecule has 1 saturated carbocycles. The number of carbonyl (C=O) groups is 1. The molecule has 2 fully saturated rings. The van der Waals surface area contributed by atoms with Crippen LogP contribution >= 0.6 is 11.6 Å². The fourth-order valence-electron chi connectivity index (χ4n) is 3.97. The highest BCUT2D eigenvalue weighted by molar-refractivity contribution is 7.89. The van der Waals surface area contributed by atoms with Gasteiger partial charge in [-0.15, -0.1) is 0 Å². The molecule has 1 aliphatic heterocycles. The highest BCUT2D eigenvalue weighted by Crippen LogP contribution is 2.36. The lowest BCUT2D eigenvalue weighted by atomic mass is 9.75. The average Bonchev–Trinajstić information content (AvgIpc) is 2.61. The first-order valence-corrected chi connectivity index (χ1v) is 10.8. The van der Waals surface area contributed by atoms with Crippen LogP contribution in [0.1, 0.15) is 38.5 Å². The van der Waals surface area contributed by atoms with Gasteiger partial charge >= 0.3 is 0 Å². The summed E-state index contributed by atoms with van der Waals surface area (Å²) in [6.07, 6.45) is 6.40. The Morgan fingerprint density at radius 3 is 2.52 bits per heavy atom. The Kier molecular flexibility index (Phi) is 6.02. The monoisotopic (exact) mass is 384 g/mol. The Labute approximate surface area is 154 Å². The van der Waals surface area contributed by atoms with Gasteiger partial charge in [0.15, 0.2) is 0 Å². The van der Waals surface area contributed by atoms with Gasteiger partial charge in [-0.2, -0.15) is 0 Å². The third-order valence-corrected chi connectivity index (χ3v) is 7.13. The Morgan fingerprint density at radius 1 is 1.12 bits per heavy atom. The number of fused-ring (bicyclic) bond motifs is 1. The highest BCUT2D eigenvalue weighted by Gasteiger charge is 2.32. The summed E-state index contributed by atoms with van der Waals surface area (Å²) < 4.78 is 26.9. The van der Waals surface area contributed by atoms with Crippen LogP contribution in [0.5, 0.6) is 0 Å². The number of benzene rings is 1. The fraction of sp³-hybridized carbons (Fsp3) is 0.611. The summed E-state index contributed by atoms with van der Waals surface area (Å²) in [5, 5.41) is 0.486. The lowest BCUT2D eigenvalue weighted by Crippen LogP contribution is -2.45. The van der Waals surface area contributed by atoms with Gasteiger partial charge in [-0.25, -0.2) is 13.1 Å². The number of hydrogen-bond donors (Lipinski definition) is 1. The number of hydrogen-bond acceptors (Lipinski definition) is 3. The van der Waals surface area contributed by atoms with Crippen molar-refractivity contribution in [1.82, 2.24) is 9.62 Å². The number of likely N-dealkylation sites (tertiary alicyclic amines) is 1. The predicted molar refractivity (Wildman–Crippen MR) is 97.9 cm³/mol. The first-order chi connectivity index (χ1) is 12.0. The second-order valence-electron chi connectivity index (χ2n) is 7.03. The number of nitrogens with one attached hydrogen (secondary N) is 1. The topological polar surface area (TPSA) is 66.5 Å². The number of carbonyl (C=O) groups excluding carboxylic acids is 1. The first kappa shape index (κ1) is 18.7. The molecule has 5 nitrogen and oxygen atoms in total. The highest BCUT2D eigenvalue weighted by atomic mass is 35.5. The smallest absolute Gasteiger partial charge is 0.240 e. The lowest BCUT2D eigenvalue weighted by molar-refractivity contribution is -0.134. The van der Waals surface area contributed by atoms with Crippen LogP contribution in [-0.2, 0) is 14.8 Å². The Bertz CT molecular complexity index is 706. The van der Waals surface area contributed by atoms with Gasteiger partial charge in [-0.1, -0.05) is 30.9 Å². The first-order valence-electron chi connectivity index (χ1n) is 8.99. The summed E-state index contributed by atoms with van der Waals surface area (Å²) in [6, 6.07) is 5.99. The minimum Gasteiger partial charge on any atom is -0.342 e. The molecular formula is C18H25ClN2O3S. The number of halogens is 1. The number of nitrogens with zero attached hydrogens (tertiary/aromatic N) is 1. The van der Waals surface area contributed by atoms with Crippen LogP contribution in [0.2, 0.25) is 5.02 Å². The minimum absolute atomic E-state index is 0.0443. The van der Waals surface area contributed by atoms with Crippen molar-refractivity contribution >= 4 is 27.5 Å². The molecular weight excluding hydrogens is 360 g/mol. The predicted octanol–water partition coefficient (Wildman–Crippen LogP) is 3.05. The van der Waals surface area contributed by atoms with Gasteiger partial charge in [-0.05, 0) is 48.9 Å². The van der Waals surface area contributed by atoms with E-state index in [-0.39, 0.29) is 23.8 Å². The van der Waals surface area contributed by atoms with Crippen molar-refractivity contribution in [3.8, 4) is 0 Å². The molecule has 1 aromatic rings. The van der Waals surface area contributed by atoms with Crippen molar-refractivity contribution in [1.29, 1.82) is 0 Å². The lowest BCUT2D eigenvalue weighted by Gasteiger charge is -2.41. The summed E-state index contributed by atoms with van der Waals surface area (Å²) in [7, 11) is -3.60. The normalized spacial score (nSPS) is 24.0. The van der Waals surface area contributed by atoms with Gasteiger partial charge in [0.25, 0.3) is 0 Å². The van der Waals surface area contributed by atoms with E-state index < -0.39 is 10.0 Å². The second-order valence-corrected chi connectivity index (χ2v) is 9.24. The molecule has 1 heterocycles. The Morgan fingerprint density at radius 2 is 1.80 bits per heavy atom. The standard InChI is InChI=1S/C18H25ClN2O3S/c19-16-5-7-17(8-6-16)25(23,24)20-11-9-18(22)21-12-10-14-3-1-2-4-15(14)13-21/h5-8,14-15,20H,1-4,9-13H2/t14-,15-/m0/s1. The Balaban J connectivity index is 1.48. The molecule has 0 unspecified atom stereocenters. The third kappa shape index (κ3) is 4.74. The second kappa shape index (κ2) is 8.06. The van der Waals surface area contributed by atoms with E-state index in [1.54, 1.807) is 0 Å². The number of rotatable bonds is 5. The van der Waals surface area contributed by atoms with Crippen molar-refractivity contribution in [2.45, 2.75) is 43.4 Å². The molecule has 1 amide bonds. The molecule has 0 bridgehead atoms. The number of sulfonamides is 1. The summed E-state index contributed by atoms with van der Waals surface area (Å²) >= 11 is 5.78. The van der Waals surface area contributed by atoms with E-state index >= 15 is 0 Å². The molecule has 3 rings (SSSR count). The summed E-state index contributed by atoms with van der Waals surface area (Å²) in [6.45, 7) is 1.77. The van der Waals surface area contributed by atoms with Gasteiger partial charge in [-0.3, -0.25) is 4.79 Å². The van der Waals surface area contributed by atoms with Crippen molar-refractivity contribution < 1.29 is 13.2 Å². The van der Waals surface area contributed by atoms with Gasteiger partial charge < -0.3 is 4.90 Å². The van der Waals surface area contributed by atoms with Crippen LogP contribution in [0.3, 0.4) is 0 Å². The van der Waals surface area contributed by atoms with Crippen LogP contribution in [0.25, 0.3) is 0 Å². The average molecular weight is 385 g/mol. The maximum atomic E-state index is 12.4. The van der Waals surface area contributed by atoms with Gasteiger partial charge in [0, 0.05) is 31.1 Å². The molecule has 25 heavy (non-hydrogen) atoms. The van der Waals surface area contributed by atoms with E-state index in [0.717, 1.165) is 25.4 Å². The molecule has 138 valence electrons. The molecule has 0 radical (unpaired) electrons. The number of piperidine rings is 1. The molecule has 1 aliphatic carbocycles. The largest absolute Gasteiger partial charge is 0.342 e. The Hall–Kier alpha value is -1.11. The maximum Gasteiger partial charge on any atom is 0.240 e. The molecule has 1 aromatic carbocycles. The third-order valence-electron chi connectivity index (χ3n) is 5.40. The fourth-order valence-corrected chi connectivity index (χ4v) is 5.13. The van der Waals surface area contributed by atoms with Gasteiger partial charge in [0.05, 0.1) is 4.90 Å². The molecule has 0 spiro atoms. The van der Waals surface area contributed by atoms with E-state index in [1.165, 1.54) is 49.9 Å². The van der Waals surface area contributed by atoms with Gasteiger partial charge in [0.1, 0.15) is 0 Å². The summed E-state index contributed by atoms with van der Waals surface area (Å²) in [4.78, 5) is 14.5. The van der Waals surface area contributed by atoms with Crippen molar-refractivity contribution in [2.24, 2.45) is 11.8 Å². The van der Waals surface area contributed by atoms with Crippen LogP contribution in [-0.4, -0.2) is 38.9 Å². The van der Waals surface area contributed by atoms with Crippen molar-refractivity contribution in [3.63, 3.8) is 0 Å². The quantitative estimate of drug-likeness (QED) is 0.848. The maximum absolute atomic E-state index is 12.4. The SMILES string of the molecule is O=C(CCNS(=O)(=O)c1ccc(Cl)cc1)N1CC[C@@H]2CCCC[C@H]2C1. The van der Waals surface area contributed by atoms with Crippen molar-refractivity contribution in [3.05, 3.63) is 29.3 Å². The van der Waals surface area contributed by atoms with E-state index in [4.69, 9.17) is 11.6 Å². The molecule has 1 saturated heterocycles. The molecule has 2 aliphatic rings. The van der Waals surface area contributed by atoms with Crippen LogP contribution in [0.4, 0.5) is 0 Å². The van der Waals surface area contributed by atoms with Crippen molar-refractivity contribution in [2.75, 3.05) is 19.6 Å². The minimum atomic E-state index is -3.60. The zero-order chi connectivity index (χ0) is 17.9. The summed E-state index contributed by atoms with van der Waals surface area (Å²) in [5.41, 5.74) is 0. The van der Waals surface area contributed by atoms with Crippen LogP contribution in [0.15, 0.2) is 29.2 Å². The van der Waals surface area contributed by atoms with Crippen LogP contribution in [0, 0.1) is 11.8 Å². The molecule has 2 atom stereocenters.